The zero-order chi connectivity index (χ0) is 15.3. The van der Waals surface area contributed by atoms with Gasteiger partial charge in [-0.1, -0.05) is 18.5 Å². The van der Waals surface area contributed by atoms with Crippen LogP contribution < -0.4 is 10.6 Å². The Labute approximate surface area is 121 Å². The maximum Gasteiger partial charge on any atom is 0.237 e. The van der Waals surface area contributed by atoms with E-state index in [9.17, 15) is 4.79 Å². The van der Waals surface area contributed by atoms with Gasteiger partial charge in [-0.2, -0.15) is 0 Å². The van der Waals surface area contributed by atoms with Crippen LogP contribution in [-0.4, -0.2) is 23.1 Å². The van der Waals surface area contributed by atoms with Crippen LogP contribution in [0.4, 0.5) is 0 Å². The Kier molecular flexibility index (Phi) is 6.20. The van der Waals surface area contributed by atoms with Gasteiger partial charge in [-0.3, -0.25) is 10.1 Å². The van der Waals surface area contributed by atoms with E-state index in [2.05, 4.69) is 22.7 Å². The van der Waals surface area contributed by atoms with Gasteiger partial charge in [-0.05, 0) is 41.0 Å². The van der Waals surface area contributed by atoms with Gasteiger partial charge in [0, 0.05) is 17.6 Å². The van der Waals surface area contributed by atoms with Crippen LogP contribution in [0.1, 0.15) is 63.6 Å². The molecule has 0 bridgehead atoms. The molecular weight excluding hydrogens is 254 g/mol. The van der Waals surface area contributed by atoms with Gasteiger partial charge in [0.15, 0.2) is 0 Å². The fourth-order valence-corrected chi connectivity index (χ4v) is 2.52. The molecule has 1 heterocycles. The summed E-state index contributed by atoms with van der Waals surface area (Å²) >= 11 is 0. The monoisotopic (exact) mass is 281 g/mol. The van der Waals surface area contributed by atoms with Crippen LogP contribution in [-0.2, 0) is 4.79 Å². The first-order chi connectivity index (χ1) is 9.36. The summed E-state index contributed by atoms with van der Waals surface area (Å²) in [6.45, 7) is 11.9. The number of aryl methyl sites for hydroxylation is 2. The van der Waals surface area contributed by atoms with E-state index in [-0.39, 0.29) is 24.0 Å². The first-order valence-electron chi connectivity index (χ1n) is 7.36. The van der Waals surface area contributed by atoms with Gasteiger partial charge in [-0.25, -0.2) is 0 Å². The van der Waals surface area contributed by atoms with Crippen molar-refractivity contribution in [1.82, 2.24) is 15.8 Å². The Morgan fingerprint density at radius 1 is 1.30 bits per heavy atom. The lowest BCUT2D eigenvalue weighted by Crippen LogP contribution is -2.46. The first-order valence-corrected chi connectivity index (χ1v) is 7.36. The van der Waals surface area contributed by atoms with Crippen molar-refractivity contribution < 1.29 is 9.32 Å². The number of carbonyl (C=O) groups is 1. The van der Waals surface area contributed by atoms with Crippen molar-refractivity contribution in [3.63, 3.8) is 0 Å². The number of nitrogens with one attached hydrogen (secondary N) is 2. The smallest absolute Gasteiger partial charge is 0.237 e. The highest BCUT2D eigenvalue weighted by atomic mass is 16.5. The molecule has 114 valence electrons. The van der Waals surface area contributed by atoms with E-state index >= 15 is 0 Å². The van der Waals surface area contributed by atoms with Crippen LogP contribution in [0.3, 0.4) is 0 Å². The molecule has 0 spiro atoms. The molecule has 0 aliphatic rings. The predicted molar refractivity (Wildman–Crippen MR) is 79.5 cm³/mol. The van der Waals surface area contributed by atoms with Gasteiger partial charge in [0.1, 0.15) is 5.76 Å². The summed E-state index contributed by atoms with van der Waals surface area (Å²) in [5, 5.41) is 10.3. The van der Waals surface area contributed by atoms with Crippen LogP contribution >= 0.6 is 0 Å². The molecule has 0 aliphatic carbocycles. The fourth-order valence-electron chi connectivity index (χ4n) is 2.52. The van der Waals surface area contributed by atoms with E-state index in [4.69, 9.17) is 4.52 Å². The number of carbonyl (C=O) groups excluding carboxylic acids is 1. The highest BCUT2D eigenvalue weighted by molar-refractivity contribution is 5.81. The lowest BCUT2D eigenvalue weighted by Gasteiger charge is -2.21. The fraction of sp³-hybridized carbons (Fsp3) is 0.733. The molecule has 0 radical (unpaired) electrons. The zero-order valence-electron chi connectivity index (χ0n) is 13.4. The summed E-state index contributed by atoms with van der Waals surface area (Å²) in [4.78, 5) is 12.1. The number of nitrogens with zero attached hydrogens (tertiary/aromatic N) is 1. The summed E-state index contributed by atoms with van der Waals surface area (Å²) in [5.41, 5.74) is 1.90. The van der Waals surface area contributed by atoms with Crippen LogP contribution in [0.25, 0.3) is 0 Å². The van der Waals surface area contributed by atoms with Crippen molar-refractivity contribution in [1.29, 1.82) is 0 Å². The number of amides is 1. The maximum absolute atomic E-state index is 12.1. The highest BCUT2D eigenvalue weighted by Gasteiger charge is 2.21. The highest BCUT2D eigenvalue weighted by Crippen LogP contribution is 2.21. The van der Waals surface area contributed by atoms with Gasteiger partial charge in [0.2, 0.25) is 5.91 Å². The van der Waals surface area contributed by atoms with E-state index in [1.165, 1.54) is 0 Å². The molecule has 0 aliphatic heterocycles. The van der Waals surface area contributed by atoms with E-state index in [0.717, 1.165) is 29.9 Å². The molecule has 5 heteroatoms. The molecule has 3 unspecified atom stereocenters. The molecule has 20 heavy (non-hydrogen) atoms. The Morgan fingerprint density at radius 3 is 2.45 bits per heavy atom. The van der Waals surface area contributed by atoms with Crippen molar-refractivity contribution >= 4 is 5.91 Å². The van der Waals surface area contributed by atoms with Crippen molar-refractivity contribution in [2.45, 2.75) is 72.5 Å². The number of aromatic nitrogens is 1. The average Bonchev–Trinajstić information content (AvgIpc) is 2.69. The average molecular weight is 281 g/mol. The molecule has 3 atom stereocenters. The molecule has 5 nitrogen and oxygen atoms in total. The number of rotatable bonds is 7. The Bertz CT molecular complexity index is 423. The minimum absolute atomic E-state index is 0.0310. The van der Waals surface area contributed by atoms with E-state index < -0.39 is 0 Å². The second-order valence-electron chi connectivity index (χ2n) is 5.55. The standard InChI is InChI=1S/C15H27N3O2/c1-7-8-9(2)16-15(19)12(5)17-10(3)14-11(4)18-20-13(14)6/h9-10,12,17H,7-8H2,1-6H3,(H,16,19). The van der Waals surface area contributed by atoms with Crippen LogP contribution in [0.15, 0.2) is 4.52 Å². The lowest BCUT2D eigenvalue weighted by molar-refractivity contribution is -0.123. The van der Waals surface area contributed by atoms with Crippen molar-refractivity contribution in [2.24, 2.45) is 0 Å². The topological polar surface area (TPSA) is 67.2 Å². The van der Waals surface area contributed by atoms with Gasteiger partial charge in [-0.15, -0.1) is 0 Å². The van der Waals surface area contributed by atoms with Gasteiger partial charge in [0.25, 0.3) is 0 Å². The number of hydrogen-bond acceptors (Lipinski definition) is 4. The van der Waals surface area contributed by atoms with Gasteiger partial charge >= 0.3 is 0 Å². The maximum atomic E-state index is 12.1. The van der Waals surface area contributed by atoms with Crippen LogP contribution in [0.2, 0.25) is 0 Å². The third-order valence-electron chi connectivity index (χ3n) is 3.53. The third-order valence-corrected chi connectivity index (χ3v) is 3.53. The summed E-state index contributed by atoms with van der Waals surface area (Å²) in [5.74, 6) is 0.832. The van der Waals surface area contributed by atoms with Crippen molar-refractivity contribution in [2.75, 3.05) is 0 Å². The Morgan fingerprint density at radius 2 is 1.95 bits per heavy atom. The zero-order valence-corrected chi connectivity index (χ0v) is 13.4. The molecule has 1 amide bonds. The molecule has 0 fully saturated rings. The molecule has 1 aromatic heterocycles. The third kappa shape index (κ3) is 4.34. The molecule has 2 N–H and O–H groups in total. The second-order valence-corrected chi connectivity index (χ2v) is 5.55. The second kappa shape index (κ2) is 7.43. The molecule has 0 aromatic carbocycles. The summed E-state index contributed by atoms with van der Waals surface area (Å²) in [6, 6.07) is -0.00684. The van der Waals surface area contributed by atoms with Crippen LogP contribution in [0.5, 0.6) is 0 Å². The van der Waals surface area contributed by atoms with E-state index in [0.29, 0.717) is 0 Å². The van der Waals surface area contributed by atoms with E-state index in [1.807, 2.05) is 34.6 Å². The first kappa shape index (κ1) is 16.7. The summed E-state index contributed by atoms with van der Waals surface area (Å²) in [6.07, 6.45) is 2.07. The van der Waals surface area contributed by atoms with Crippen LogP contribution in [0, 0.1) is 13.8 Å². The number of hydrogen-bond donors (Lipinski definition) is 2. The predicted octanol–water partition coefficient (Wildman–Crippen LogP) is 2.64. The quantitative estimate of drug-likeness (QED) is 0.806. The molecule has 1 rings (SSSR count). The molecule has 0 saturated carbocycles. The van der Waals surface area contributed by atoms with Crippen molar-refractivity contribution in [3.8, 4) is 0 Å². The molecule has 0 saturated heterocycles. The lowest BCUT2D eigenvalue weighted by atomic mass is 10.1. The molecule has 1 aromatic rings. The minimum Gasteiger partial charge on any atom is -0.361 e. The summed E-state index contributed by atoms with van der Waals surface area (Å²) < 4.78 is 5.16. The molecular formula is C15H27N3O2. The largest absolute Gasteiger partial charge is 0.361 e. The van der Waals surface area contributed by atoms with Gasteiger partial charge < -0.3 is 9.84 Å². The Hall–Kier alpha value is -1.36. The Balaban J connectivity index is 2.57. The summed E-state index contributed by atoms with van der Waals surface area (Å²) in [7, 11) is 0. The normalized spacial score (nSPS) is 15.7. The minimum atomic E-state index is -0.252. The van der Waals surface area contributed by atoms with E-state index in [1.54, 1.807) is 0 Å². The van der Waals surface area contributed by atoms with Crippen molar-refractivity contribution in [3.05, 3.63) is 17.0 Å². The van der Waals surface area contributed by atoms with Gasteiger partial charge in [0.05, 0.1) is 11.7 Å². The SMILES string of the molecule is CCCC(C)NC(=O)C(C)NC(C)c1c(C)noc1C.